The number of hydrogen-bond donors (Lipinski definition) is 1. The van der Waals surface area contributed by atoms with Gasteiger partial charge in [-0.1, -0.05) is 24.3 Å². The molecule has 0 fully saturated rings. The third-order valence-corrected chi connectivity index (χ3v) is 4.35. The Labute approximate surface area is 182 Å². The van der Waals surface area contributed by atoms with Crippen LogP contribution in [-0.2, 0) is 6.18 Å². The maximum atomic E-state index is 12.6. The summed E-state index contributed by atoms with van der Waals surface area (Å²) in [5.41, 5.74) is -0.112. The summed E-state index contributed by atoms with van der Waals surface area (Å²) >= 11 is 0. The van der Waals surface area contributed by atoms with Gasteiger partial charge in [-0.2, -0.15) is 13.2 Å². The van der Waals surface area contributed by atoms with Crippen molar-refractivity contribution < 1.29 is 37.3 Å². The fraction of sp³-hybridized carbons (Fsp3) is 0.125. The molecule has 5 nitrogen and oxygen atoms in total. The van der Waals surface area contributed by atoms with Gasteiger partial charge in [-0.25, -0.2) is 4.79 Å². The van der Waals surface area contributed by atoms with Crippen LogP contribution in [0.2, 0.25) is 0 Å². The zero-order valence-corrected chi connectivity index (χ0v) is 16.9. The molecular weight excluding hydrogens is 425 g/mol. The van der Waals surface area contributed by atoms with Crippen molar-refractivity contribution in [3.63, 3.8) is 0 Å². The molecule has 3 aromatic rings. The Morgan fingerprint density at radius 2 is 1.69 bits per heavy atom. The molecule has 0 aromatic heterocycles. The Morgan fingerprint density at radius 1 is 0.969 bits per heavy atom. The van der Waals surface area contributed by atoms with Crippen LogP contribution in [0.4, 0.5) is 13.2 Å². The van der Waals surface area contributed by atoms with Crippen LogP contribution < -0.4 is 14.2 Å². The molecule has 0 spiro atoms. The van der Waals surface area contributed by atoms with E-state index in [-0.39, 0.29) is 17.9 Å². The molecule has 166 valence electrons. The average molecular weight is 444 g/mol. The highest BCUT2D eigenvalue weighted by atomic mass is 19.4. The monoisotopic (exact) mass is 444 g/mol. The van der Waals surface area contributed by atoms with Crippen molar-refractivity contribution in [2.24, 2.45) is 0 Å². The molecule has 0 heterocycles. The number of benzene rings is 3. The van der Waals surface area contributed by atoms with Crippen LogP contribution in [-0.4, -0.2) is 24.8 Å². The Hall–Kier alpha value is -3.94. The minimum Gasteiger partial charge on any atom is -0.497 e. The van der Waals surface area contributed by atoms with Gasteiger partial charge in [0.25, 0.3) is 0 Å². The van der Waals surface area contributed by atoms with Gasteiger partial charge >= 0.3 is 12.1 Å². The van der Waals surface area contributed by atoms with Crippen LogP contribution in [0.1, 0.15) is 21.5 Å². The summed E-state index contributed by atoms with van der Waals surface area (Å²) in [6.07, 6.45) is -1.05. The summed E-state index contributed by atoms with van der Waals surface area (Å²) in [4.78, 5) is 11.4. The number of carboxylic acid groups (broad SMARTS) is 1. The van der Waals surface area contributed by atoms with Crippen molar-refractivity contribution in [3.8, 4) is 23.0 Å². The lowest BCUT2D eigenvalue weighted by Gasteiger charge is -2.11. The van der Waals surface area contributed by atoms with Gasteiger partial charge in [0.1, 0.15) is 35.2 Å². The fourth-order valence-electron chi connectivity index (χ4n) is 2.76. The van der Waals surface area contributed by atoms with Crippen molar-refractivity contribution in [1.82, 2.24) is 0 Å². The number of carbonyl (C=O) groups is 1. The average Bonchev–Trinajstić information content (AvgIpc) is 2.76. The van der Waals surface area contributed by atoms with E-state index < -0.39 is 17.7 Å². The lowest BCUT2D eigenvalue weighted by Crippen LogP contribution is -2.03. The molecule has 0 aliphatic rings. The number of methoxy groups -OCH3 is 1. The smallest absolute Gasteiger partial charge is 0.416 e. The van der Waals surface area contributed by atoms with Crippen LogP contribution in [0.5, 0.6) is 23.0 Å². The van der Waals surface area contributed by atoms with E-state index in [1.54, 1.807) is 36.4 Å². The minimum absolute atomic E-state index is 0.0170. The van der Waals surface area contributed by atoms with Crippen molar-refractivity contribution in [3.05, 3.63) is 89.5 Å². The number of alkyl halides is 3. The molecule has 0 aliphatic heterocycles. The van der Waals surface area contributed by atoms with Gasteiger partial charge in [-0.15, -0.1) is 0 Å². The molecule has 3 rings (SSSR count). The minimum atomic E-state index is -4.37. The van der Waals surface area contributed by atoms with E-state index >= 15 is 0 Å². The van der Waals surface area contributed by atoms with Crippen LogP contribution in [0, 0.1) is 0 Å². The highest BCUT2D eigenvalue weighted by Gasteiger charge is 2.29. The number of halogens is 3. The molecule has 0 radical (unpaired) electrons. The first-order valence-electron chi connectivity index (χ1n) is 9.42. The summed E-state index contributed by atoms with van der Waals surface area (Å²) < 4.78 is 54.3. The standard InChI is InChI=1S/C24H19F3O5/c1-30-18-11-12-21(23(28)29)22(15-18)32-20-6-2-5-19(14-20)31-13-3-4-16-7-9-17(10-8-16)24(25,26)27/h2-12,14-15H,13H2,1H3,(H,28,29). The molecule has 0 bridgehead atoms. The molecule has 1 N–H and O–H groups in total. The molecule has 0 saturated heterocycles. The number of hydrogen-bond acceptors (Lipinski definition) is 4. The van der Waals surface area contributed by atoms with Gasteiger partial charge in [-0.3, -0.25) is 0 Å². The molecule has 0 saturated carbocycles. The second kappa shape index (κ2) is 9.91. The Balaban J connectivity index is 1.63. The van der Waals surface area contributed by atoms with Crippen molar-refractivity contribution in [2.45, 2.75) is 6.18 Å². The Morgan fingerprint density at radius 3 is 2.34 bits per heavy atom. The predicted octanol–water partition coefficient (Wildman–Crippen LogP) is 6.30. The van der Waals surface area contributed by atoms with E-state index in [0.717, 1.165) is 12.1 Å². The van der Waals surface area contributed by atoms with Gasteiger partial charge in [0, 0.05) is 12.1 Å². The molecule has 3 aromatic carbocycles. The first-order valence-corrected chi connectivity index (χ1v) is 9.42. The summed E-state index contributed by atoms with van der Waals surface area (Å²) in [7, 11) is 1.46. The molecule has 0 unspecified atom stereocenters. The number of carboxylic acids is 1. The van der Waals surface area contributed by atoms with Crippen LogP contribution >= 0.6 is 0 Å². The summed E-state index contributed by atoms with van der Waals surface area (Å²) in [6.45, 7) is 0.171. The lowest BCUT2D eigenvalue weighted by molar-refractivity contribution is -0.137. The first-order chi connectivity index (χ1) is 15.3. The summed E-state index contributed by atoms with van der Waals surface area (Å²) in [5.74, 6) is 0.273. The van der Waals surface area contributed by atoms with Crippen LogP contribution in [0.15, 0.2) is 72.8 Å². The Kier molecular flexibility index (Phi) is 7.04. The zero-order chi connectivity index (χ0) is 23.1. The topological polar surface area (TPSA) is 65.0 Å². The summed E-state index contributed by atoms with van der Waals surface area (Å²) in [5, 5.41) is 9.35. The van der Waals surface area contributed by atoms with Crippen LogP contribution in [0.25, 0.3) is 6.08 Å². The van der Waals surface area contributed by atoms with E-state index in [1.165, 1.54) is 37.4 Å². The molecule has 0 aliphatic carbocycles. The third kappa shape index (κ3) is 6.04. The lowest BCUT2D eigenvalue weighted by atomic mass is 10.1. The molecule has 0 amide bonds. The van der Waals surface area contributed by atoms with Crippen molar-refractivity contribution >= 4 is 12.0 Å². The molecule has 32 heavy (non-hydrogen) atoms. The molecule has 0 atom stereocenters. The first kappa shape index (κ1) is 22.7. The Bertz CT molecular complexity index is 1110. The number of ether oxygens (including phenoxy) is 3. The second-order valence-corrected chi connectivity index (χ2v) is 6.58. The van der Waals surface area contributed by atoms with Gasteiger partial charge < -0.3 is 19.3 Å². The number of aromatic carboxylic acids is 1. The highest BCUT2D eigenvalue weighted by Crippen LogP contribution is 2.31. The van der Waals surface area contributed by atoms with Gasteiger partial charge in [0.2, 0.25) is 0 Å². The van der Waals surface area contributed by atoms with E-state index in [4.69, 9.17) is 14.2 Å². The number of rotatable bonds is 8. The fourth-order valence-corrected chi connectivity index (χ4v) is 2.76. The van der Waals surface area contributed by atoms with E-state index in [2.05, 4.69) is 0 Å². The van der Waals surface area contributed by atoms with Gasteiger partial charge in [0.15, 0.2) is 0 Å². The van der Waals surface area contributed by atoms with Gasteiger partial charge in [0.05, 0.1) is 12.7 Å². The predicted molar refractivity (Wildman–Crippen MR) is 112 cm³/mol. The van der Waals surface area contributed by atoms with E-state index in [1.807, 2.05) is 0 Å². The van der Waals surface area contributed by atoms with Crippen molar-refractivity contribution in [2.75, 3.05) is 13.7 Å². The maximum absolute atomic E-state index is 12.6. The van der Waals surface area contributed by atoms with Crippen LogP contribution in [0.3, 0.4) is 0 Å². The third-order valence-electron chi connectivity index (χ3n) is 4.35. The quantitative estimate of drug-likeness (QED) is 0.442. The second-order valence-electron chi connectivity index (χ2n) is 6.58. The van der Waals surface area contributed by atoms with Gasteiger partial charge in [-0.05, 0) is 48.0 Å². The largest absolute Gasteiger partial charge is 0.497 e. The van der Waals surface area contributed by atoms with E-state index in [0.29, 0.717) is 22.8 Å². The zero-order valence-electron chi connectivity index (χ0n) is 16.9. The highest BCUT2D eigenvalue weighted by molar-refractivity contribution is 5.91. The summed E-state index contributed by atoms with van der Waals surface area (Å²) in [6, 6.07) is 15.8. The maximum Gasteiger partial charge on any atom is 0.416 e. The van der Waals surface area contributed by atoms with E-state index in [9.17, 15) is 23.1 Å². The normalized spacial score (nSPS) is 11.4. The molecular formula is C24H19F3O5. The SMILES string of the molecule is COc1ccc(C(=O)O)c(Oc2cccc(OCC=Cc3ccc(C(F)(F)F)cc3)c2)c1. The van der Waals surface area contributed by atoms with Crippen molar-refractivity contribution in [1.29, 1.82) is 0 Å². The molecule has 8 heteroatoms.